The number of aliphatic hydroxyl groups is 2. The lowest BCUT2D eigenvalue weighted by Gasteiger charge is -1.94. The maximum absolute atomic E-state index is 9.25. The molecule has 0 radical (unpaired) electrons. The van der Waals surface area contributed by atoms with E-state index in [0.717, 1.165) is 13.0 Å². The summed E-state index contributed by atoms with van der Waals surface area (Å²) < 4.78 is 4.63. The van der Waals surface area contributed by atoms with Crippen molar-refractivity contribution in [1.82, 2.24) is 0 Å². The van der Waals surface area contributed by atoms with E-state index in [1.165, 1.54) is 0 Å². The largest absolute Gasteiger partial charge is 0.481 e. The van der Waals surface area contributed by atoms with Crippen molar-refractivity contribution in [2.75, 3.05) is 26.4 Å². The van der Waals surface area contributed by atoms with Crippen LogP contribution in [0.3, 0.4) is 0 Å². The minimum absolute atomic E-state index is 0.0278. The van der Waals surface area contributed by atoms with E-state index < -0.39 is 11.9 Å². The normalized spacial score (nSPS) is 7.69. The van der Waals surface area contributed by atoms with E-state index in [2.05, 4.69) is 11.3 Å². The molecular formula is C9H18O7. The number of carbonyl (C=O) groups is 2. The first-order chi connectivity index (χ1) is 7.42. The minimum Gasteiger partial charge on any atom is -0.481 e. The van der Waals surface area contributed by atoms with Gasteiger partial charge in [-0.2, -0.15) is 0 Å². The fourth-order valence-electron chi connectivity index (χ4n) is 0.231. The van der Waals surface area contributed by atoms with Gasteiger partial charge in [0.05, 0.1) is 26.4 Å². The highest BCUT2D eigenvalue weighted by Crippen LogP contribution is 1.68. The molecule has 96 valence electrons. The molecule has 0 rings (SSSR count). The third kappa shape index (κ3) is 80.7. The van der Waals surface area contributed by atoms with Gasteiger partial charge in [0.15, 0.2) is 0 Å². The van der Waals surface area contributed by atoms with Gasteiger partial charge in [-0.05, 0) is 0 Å². The Kier molecular flexibility index (Phi) is 24.0. The second kappa shape index (κ2) is 19.2. The molecule has 0 fully saturated rings. The molecule has 0 aliphatic rings. The number of ether oxygens (including phenoxy) is 1. The molecule has 4 N–H and O–H groups in total. The number of hydrogen-bond acceptors (Lipinski definition) is 5. The summed E-state index contributed by atoms with van der Waals surface area (Å²) in [4.78, 5) is 18.2. The lowest BCUT2D eigenvalue weighted by molar-refractivity contribution is -0.134. The van der Waals surface area contributed by atoms with Gasteiger partial charge in [0.1, 0.15) is 0 Å². The first kappa shape index (κ1) is 20.0. The van der Waals surface area contributed by atoms with Gasteiger partial charge < -0.3 is 25.2 Å². The molecule has 7 nitrogen and oxygen atoms in total. The van der Waals surface area contributed by atoms with Gasteiger partial charge in [-0.15, -0.1) is 0 Å². The second-order valence-electron chi connectivity index (χ2n) is 2.12. The van der Waals surface area contributed by atoms with Crippen LogP contribution in [0.1, 0.15) is 6.92 Å². The zero-order valence-corrected chi connectivity index (χ0v) is 9.13. The van der Waals surface area contributed by atoms with E-state index in [9.17, 15) is 4.79 Å². The molecular weight excluding hydrogens is 220 g/mol. The Hall–Kier alpha value is -1.44. The second-order valence-corrected chi connectivity index (χ2v) is 2.12. The molecule has 0 spiro atoms. The van der Waals surface area contributed by atoms with Crippen molar-refractivity contribution >= 4 is 11.9 Å². The molecule has 0 saturated carbocycles. The fraction of sp³-hybridized carbons (Fsp3) is 0.556. The lowest BCUT2D eigenvalue weighted by Crippen LogP contribution is -2.03. The summed E-state index contributed by atoms with van der Waals surface area (Å²) in [6, 6.07) is 0. The van der Waals surface area contributed by atoms with Gasteiger partial charge >= 0.3 is 5.97 Å². The molecule has 0 aromatic carbocycles. The van der Waals surface area contributed by atoms with E-state index in [-0.39, 0.29) is 13.2 Å². The van der Waals surface area contributed by atoms with Crippen molar-refractivity contribution in [1.29, 1.82) is 0 Å². The Morgan fingerprint density at radius 1 is 1.19 bits per heavy atom. The van der Waals surface area contributed by atoms with Crippen LogP contribution >= 0.6 is 0 Å². The summed E-state index contributed by atoms with van der Waals surface area (Å²) in [5.41, 5.74) is 0. The highest BCUT2D eigenvalue weighted by atomic mass is 16.5. The summed E-state index contributed by atoms with van der Waals surface area (Å²) in [6.07, 6.45) is 0.833. The Labute approximate surface area is 93.6 Å². The number of carboxylic acids is 2. The van der Waals surface area contributed by atoms with Crippen LogP contribution in [0.5, 0.6) is 0 Å². The zero-order chi connectivity index (χ0) is 13.4. The zero-order valence-electron chi connectivity index (χ0n) is 9.13. The number of aliphatic carboxylic acids is 2. The van der Waals surface area contributed by atoms with Crippen molar-refractivity contribution in [3.05, 3.63) is 12.7 Å². The third-order valence-electron chi connectivity index (χ3n) is 0.646. The summed E-state index contributed by atoms with van der Waals surface area (Å²) in [5, 5.41) is 31.2. The van der Waals surface area contributed by atoms with Crippen molar-refractivity contribution in [3.8, 4) is 0 Å². The third-order valence-corrected chi connectivity index (χ3v) is 0.646. The van der Waals surface area contributed by atoms with Gasteiger partial charge in [0.2, 0.25) is 0 Å². The predicted octanol–water partition coefficient (Wildman–Crippen LogP) is -0.664. The number of rotatable bonds is 5. The molecule has 0 aromatic rings. The van der Waals surface area contributed by atoms with Crippen LogP contribution in [-0.4, -0.2) is 58.8 Å². The monoisotopic (exact) mass is 238 g/mol. The van der Waals surface area contributed by atoms with Crippen LogP contribution in [0.15, 0.2) is 12.7 Å². The molecule has 0 bridgehead atoms. The average molecular weight is 238 g/mol. The summed E-state index contributed by atoms with van der Waals surface area (Å²) in [5.74, 6) is -1.81. The Morgan fingerprint density at radius 2 is 1.44 bits per heavy atom. The Balaban J connectivity index is -0.000000166. The molecule has 0 amide bonds. The topological polar surface area (TPSA) is 124 Å². The summed E-state index contributed by atoms with van der Waals surface area (Å²) in [6.45, 7) is 4.74. The van der Waals surface area contributed by atoms with Crippen molar-refractivity contribution in [3.63, 3.8) is 0 Å². The van der Waals surface area contributed by atoms with Gasteiger partial charge in [0.25, 0.3) is 5.97 Å². The SMILES string of the molecule is C=CC(=O)O.CC(=O)O.OCCOCCO. The molecule has 0 aliphatic carbocycles. The van der Waals surface area contributed by atoms with Crippen molar-refractivity contribution < 1.29 is 34.8 Å². The van der Waals surface area contributed by atoms with E-state index in [4.69, 9.17) is 25.2 Å². The molecule has 0 atom stereocenters. The quantitative estimate of drug-likeness (QED) is 0.370. The molecule has 0 unspecified atom stereocenters. The molecule has 0 aromatic heterocycles. The minimum atomic E-state index is -0.981. The van der Waals surface area contributed by atoms with E-state index in [1.54, 1.807) is 0 Å². The van der Waals surface area contributed by atoms with Gasteiger partial charge in [-0.3, -0.25) is 4.79 Å². The molecule has 16 heavy (non-hydrogen) atoms. The lowest BCUT2D eigenvalue weighted by atomic mass is 10.7. The fourth-order valence-corrected chi connectivity index (χ4v) is 0.231. The van der Waals surface area contributed by atoms with Gasteiger partial charge in [-0.25, -0.2) is 4.79 Å². The van der Waals surface area contributed by atoms with Crippen molar-refractivity contribution in [2.45, 2.75) is 6.92 Å². The average Bonchev–Trinajstić information content (AvgIpc) is 2.19. The standard InChI is InChI=1S/C4H10O3.C3H4O2.C2H4O2/c5-1-3-7-4-2-6;1-2-3(4)5;1-2(3)4/h5-6H,1-4H2;2H,1H2,(H,4,5);1H3,(H,3,4). The highest BCUT2D eigenvalue weighted by molar-refractivity contribution is 5.78. The van der Waals surface area contributed by atoms with E-state index in [0.29, 0.717) is 13.2 Å². The Morgan fingerprint density at radius 3 is 1.56 bits per heavy atom. The smallest absolute Gasteiger partial charge is 0.327 e. The number of hydrogen-bond donors (Lipinski definition) is 4. The first-order valence-electron chi connectivity index (χ1n) is 4.26. The van der Waals surface area contributed by atoms with E-state index >= 15 is 0 Å². The van der Waals surface area contributed by atoms with Gasteiger partial charge in [0, 0.05) is 13.0 Å². The Bertz CT molecular complexity index is 171. The van der Waals surface area contributed by atoms with E-state index in [1.807, 2.05) is 0 Å². The maximum atomic E-state index is 9.25. The molecule has 7 heteroatoms. The molecule has 0 aliphatic heterocycles. The summed E-state index contributed by atoms with van der Waals surface area (Å²) >= 11 is 0. The number of aliphatic hydroxyl groups excluding tert-OH is 2. The van der Waals surface area contributed by atoms with Crippen LogP contribution in [0, 0.1) is 0 Å². The number of carboxylic acid groups (broad SMARTS) is 2. The highest BCUT2D eigenvalue weighted by Gasteiger charge is 1.79. The van der Waals surface area contributed by atoms with Crippen LogP contribution in [0.4, 0.5) is 0 Å². The first-order valence-corrected chi connectivity index (χ1v) is 4.26. The van der Waals surface area contributed by atoms with Crippen LogP contribution in [-0.2, 0) is 14.3 Å². The van der Waals surface area contributed by atoms with Crippen LogP contribution in [0.25, 0.3) is 0 Å². The molecule has 0 saturated heterocycles. The van der Waals surface area contributed by atoms with Crippen LogP contribution < -0.4 is 0 Å². The maximum Gasteiger partial charge on any atom is 0.327 e. The predicted molar refractivity (Wildman–Crippen MR) is 56.1 cm³/mol. The van der Waals surface area contributed by atoms with Crippen molar-refractivity contribution in [2.24, 2.45) is 0 Å². The summed E-state index contributed by atoms with van der Waals surface area (Å²) in [7, 11) is 0. The van der Waals surface area contributed by atoms with Crippen LogP contribution in [0.2, 0.25) is 0 Å². The molecule has 0 heterocycles. The van der Waals surface area contributed by atoms with Gasteiger partial charge in [-0.1, -0.05) is 6.58 Å².